The molecule has 0 bridgehead atoms. The number of nitrogens with zero attached hydrogens (tertiary/aromatic N) is 1. The number of carbonyl (C=O) groups excluding carboxylic acids is 1. The van der Waals surface area contributed by atoms with Crippen LogP contribution < -0.4 is 4.90 Å². The lowest BCUT2D eigenvalue weighted by Crippen LogP contribution is -2.48. The SMILES string of the molecule is O=C1C2c3ccccc3C3=C(c4ccccc4)C(c4ccccc4)=C(c4ccccc4)C32c2ccc(Cl)cc2N1Cc1ccccc1. The van der Waals surface area contributed by atoms with Crippen molar-refractivity contribution in [2.75, 3.05) is 4.90 Å². The summed E-state index contributed by atoms with van der Waals surface area (Å²) >= 11 is 6.81. The molecule has 2 nitrogen and oxygen atoms in total. The Bertz CT molecular complexity index is 2200. The van der Waals surface area contributed by atoms with E-state index in [2.05, 4.69) is 133 Å². The second-order valence-corrected chi connectivity index (χ2v) is 12.9. The van der Waals surface area contributed by atoms with Crippen LogP contribution in [0.25, 0.3) is 22.3 Å². The number of anilines is 1. The van der Waals surface area contributed by atoms with Crippen molar-refractivity contribution < 1.29 is 4.79 Å². The van der Waals surface area contributed by atoms with E-state index in [-0.39, 0.29) is 5.91 Å². The fourth-order valence-electron chi connectivity index (χ4n) is 8.39. The lowest BCUT2D eigenvalue weighted by Gasteiger charge is -2.46. The monoisotopic (exact) mass is 623 g/mol. The molecule has 0 radical (unpaired) electrons. The molecular weight excluding hydrogens is 594 g/mol. The van der Waals surface area contributed by atoms with E-state index >= 15 is 4.79 Å². The van der Waals surface area contributed by atoms with Crippen molar-refractivity contribution in [1.29, 1.82) is 0 Å². The number of allylic oxidation sites excluding steroid dienone is 4. The third-order valence-corrected chi connectivity index (χ3v) is 10.3. The Labute approximate surface area is 279 Å². The first-order valence-electron chi connectivity index (χ1n) is 16.1. The van der Waals surface area contributed by atoms with Crippen LogP contribution in [0.3, 0.4) is 0 Å². The van der Waals surface area contributed by atoms with Crippen molar-refractivity contribution in [3.05, 3.63) is 208 Å². The van der Waals surface area contributed by atoms with Gasteiger partial charge in [-0.2, -0.15) is 0 Å². The molecule has 224 valence electrons. The number of hydrogen-bond donors (Lipinski definition) is 0. The average Bonchev–Trinajstić information content (AvgIpc) is 3.60. The van der Waals surface area contributed by atoms with Gasteiger partial charge < -0.3 is 4.90 Å². The number of halogens is 1. The maximum Gasteiger partial charge on any atom is 0.236 e. The minimum absolute atomic E-state index is 0.0845. The van der Waals surface area contributed by atoms with Gasteiger partial charge in [-0.05, 0) is 73.4 Å². The predicted octanol–water partition coefficient (Wildman–Crippen LogP) is 10.5. The molecule has 2 atom stereocenters. The molecule has 1 aliphatic heterocycles. The maximum atomic E-state index is 15.5. The summed E-state index contributed by atoms with van der Waals surface area (Å²) in [4.78, 5) is 17.5. The second kappa shape index (κ2) is 10.8. The molecule has 3 aliphatic rings. The molecule has 0 saturated carbocycles. The van der Waals surface area contributed by atoms with Gasteiger partial charge in [0.25, 0.3) is 0 Å². The average molecular weight is 624 g/mol. The van der Waals surface area contributed by atoms with Crippen molar-refractivity contribution >= 4 is 45.5 Å². The molecule has 0 saturated heterocycles. The Hall–Kier alpha value is -5.44. The summed E-state index contributed by atoms with van der Waals surface area (Å²) in [5, 5.41) is 0.611. The molecule has 2 aliphatic carbocycles. The van der Waals surface area contributed by atoms with Crippen LogP contribution in [0.15, 0.2) is 164 Å². The summed E-state index contributed by atoms with van der Waals surface area (Å²) in [6, 6.07) is 57.0. The number of carbonyl (C=O) groups is 1. The standard InChI is InChI=1S/C44H30ClNO/c45-33-25-26-36-37(27-33)46(28-29-15-5-1-6-16-29)43(47)42-35-24-14-13-23-34(35)41-39(31-19-9-3-10-20-31)38(30-17-7-2-8-18-30)40(44(36,41)42)32-21-11-4-12-22-32/h1-27,42H,28H2. The van der Waals surface area contributed by atoms with Gasteiger partial charge in [-0.1, -0.05) is 163 Å². The molecule has 3 heteroatoms. The van der Waals surface area contributed by atoms with Crippen LogP contribution in [0, 0.1) is 0 Å². The van der Waals surface area contributed by atoms with Crippen molar-refractivity contribution in [2.24, 2.45) is 0 Å². The van der Waals surface area contributed by atoms with Crippen molar-refractivity contribution in [3.63, 3.8) is 0 Å². The fourth-order valence-corrected chi connectivity index (χ4v) is 8.55. The minimum Gasteiger partial charge on any atom is -0.307 e. The number of benzene rings is 6. The molecule has 1 spiro atoms. The Balaban J connectivity index is 1.48. The molecule has 0 N–H and O–H groups in total. The van der Waals surface area contributed by atoms with Crippen molar-refractivity contribution in [3.8, 4) is 0 Å². The van der Waals surface area contributed by atoms with E-state index in [1.807, 2.05) is 35.2 Å². The smallest absolute Gasteiger partial charge is 0.236 e. The highest BCUT2D eigenvalue weighted by molar-refractivity contribution is 6.36. The Morgan fingerprint density at radius 1 is 0.574 bits per heavy atom. The van der Waals surface area contributed by atoms with Crippen LogP contribution in [-0.2, 0) is 16.8 Å². The zero-order valence-corrected chi connectivity index (χ0v) is 26.4. The Morgan fingerprint density at radius 3 is 1.74 bits per heavy atom. The molecule has 1 heterocycles. The first kappa shape index (κ1) is 27.8. The molecule has 0 aromatic heterocycles. The molecule has 6 aromatic carbocycles. The molecule has 9 rings (SSSR count). The normalized spacial score (nSPS) is 19.4. The Kier molecular flexibility index (Phi) is 6.41. The summed E-state index contributed by atoms with van der Waals surface area (Å²) in [5.74, 6) is -0.387. The lowest BCUT2D eigenvalue weighted by molar-refractivity contribution is -0.121. The summed E-state index contributed by atoms with van der Waals surface area (Å²) < 4.78 is 0. The van der Waals surface area contributed by atoms with Gasteiger partial charge in [0.1, 0.15) is 0 Å². The van der Waals surface area contributed by atoms with E-state index < -0.39 is 11.3 Å². The van der Waals surface area contributed by atoms with Gasteiger partial charge >= 0.3 is 0 Å². The van der Waals surface area contributed by atoms with Crippen LogP contribution in [0.4, 0.5) is 5.69 Å². The highest BCUT2D eigenvalue weighted by Gasteiger charge is 2.64. The van der Waals surface area contributed by atoms with E-state index in [0.29, 0.717) is 11.6 Å². The van der Waals surface area contributed by atoms with Gasteiger partial charge in [-0.15, -0.1) is 0 Å². The van der Waals surface area contributed by atoms with Crippen LogP contribution in [-0.4, -0.2) is 5.91 Å². The third-order valence-electron chi connectivity index (χ3n) is 10.1. The van der Waals surface area contributed by atoms with Gasteiger partial charge in [0, 0.05) is 10.7 Å². The molecular formula is C44H30ClNO. The summed E-state index contributed by atoms with van der Waals surface area (Å²) in [6.07, 6.45) is 0. The lowest BCUT2D eigenvalue weighted by atomic mass is 9.61. The third kappa shape index (κ3) is 4.01. The maximum absolute atomic E-state index is 15.5. The summed E-state index contributed by atoms with van der Waals surface area (Å²) in [6.45, 7) is 0.461. The molecule has 47 heavy (non-hydrogen) atoms. The second-order valence-electron chi connectivity index (χ2n) is 12.5. The molecule has 1 amide bonds. The van der Waals surface area contributed by atoms with Gasteiger partial charge in [-0.3, -0.25) is 4.79 Å². The first-order chi connectivity index (χ1) is 23.2. The quantitative estimate of drug-likeness (QED) is 0.187. The summed E-state index contributed by atoms with van der Waals surface area (Å²) in [7, 11) is 0. The van der Waals surface area contributed by atoms with Crippen LogP contribution in [0.2, 0.25) is 5.02 Å². The molecule has 0 fully saturated rings. The van der Waals surface area contributed by atoms with E-state index in [1.165, 1.54) is 16.7 Å². The van der Waals surface area contributed by atoms with Gasteiger partial charge in [0.05, 0.1) is 17.9 Å². The van der Waals surface area contributed by atoms with E-state index in [4.69, 9.17) is 11.6 Å². The Morgan fingerprint density at radius 2 is 1.11 bits per heavy atom. The predicted molar refractivity (Wildman–Crippen MR) is 193 cm³/mol. The number of amides is 1. The van der Waals surface area contributed by atoms with Crippen LogP contribution in [0.5, 0.6) is 0 Å². The van der Waals surface area contributed by atoms with Gasteiger partial charge in [0.15, 0.2) is 0 Å². The zero-order chi connectivity index (χ0) is 31.5. The highest BCUT2D eigenvalue weighted by atomic mass is 35.5. The number of rotatable bonds is 5. The molecule has 6 aromatic rings. The largest absolute Gasteiger partial charge is 0.307 e. The highest BCUT2D eigenvalue weighted by Crippen LogP contribution is 2.73. The van der Waals surface area contributed by atoms with Gasteiger partial charge in [0.2, 0.25) is 5.91 Å². The van der Waals surface area contributed by atoms with Crippen LogP contribution >= 0.6 is 11.6 Å². The molecule has 2 unspecified atom stereocenters. The van der Waals surface area contributed by atoms with E-state index in [0.717, 1.165) is 50.2 Å². The minimum atomic E-state index is -0.786. The van der Waals surface area contributed by atoms with E-state index in [1.54, 1.807) is 0 Å². The van der Waals surface area contributed by atoms with E-state index in [9.17, 15) is 0 Å². The van der Waals surface area contributed by atoms with Crippen molar-refractivity contribution in [1.82, 2.24) is 0 Å². The summed E-state index contributed by atoms with van der Waals surface area (Å²) in [5.41, 5.74) is 12.5. The van der Waals surface area contributed by atoms with Crippen molar-refractivity contribution in [2.45, 2.75) is 17.9 Å². The topological polar surface area (TPSA) is 20.3 Å². The first-order valence-corrected chi connectivity index (χ1v) is 16.5. The number of fused-ring (bicyclic) bond motifs is 4. The zero-order valence-electron chi connectivity index (χ0n) is 25.6. The van der Waals surface area contributed by atoms with Gasteiger partial charge in [-0.25, -0.2) is 0 Å². The number of hydrogen-bond acceptors (Lipinski definition) is 1. The fraction of sp³-hybridized carbons (Fsp3) is 0.0682. The van der Waals surface area contributed by atoms with Crippen LogP contribution in [0.1, 0.15) is 44.9 Å².